The fourth-order valence-corrected chi connectivity index (χ4v) is 5.30. The molecule has 0 spiro atoms. The number of hydrogen-bond acceptors (Lipinski definition) is 3. The van der Waals surface area contributed by atoms with Crippen LogP contribution in [-0.2, 0) is 12.8 Å². The molecule has 1 unspecified atom stereocenters. The molecule has 1 atom stereocenters. The van der Waals surface area contributed by atoms with Crippen LogP contribution in [-0.4, -0.2) is 30.1 Å². The van der Waals surface area contributed by atoms with Crippen LogP contribution in [0.5, 0.6) is 0 Å². The molecule has 1 saturated carbocycles. The van der Waals surface area contributed by atoms with E-state index in [2.05, 4.69) is 34.5 Å². The number of hydrogen-bond donors (Lipinski definition) is 1. The van der Waals surface area contributed by atoms with Crippen LogP contribution < -0.4 is 5.32 Å². The highest BCUT2D eigenvalue weighted by Gasteiger charge is 2.32. The predicted molar refractivity (Wildman–Crippen MR) is 90.1 cm³/mol. The van der Waals surface area contributed by atoms with E-state index in [1.165, 1.54) is 64.5 Å². The Bertz CT molecular complexity index is 460. The minimum Gasteiger partial charge on any atom is -0.307 e. The number of likely N-dealkylation sites (tertiary alicyclic amines) is 1. The Balaban J connectivity index is 1.33. The van der Waals surface area contributed by atoms with E-state index < -0.39 is 0 Å². The maximum absolute atomic E-state index is 3.91. The van der Waals surface area contributed by atoms with Gasteiger partial charge in [-0.1, -0.05) is 0 Å². The van der Waals surface area contributed by atoms with Gasteiger partial charge in [-0.2, -0.15) is 0 Å². The van der Waals surface area contributed by atoms with E-state index in [-0.39, 0.29) is 0 Å². The van der Waals surface area contributed by atoms with Crippen LogP contribution >= 0.6 is 11.3 Å². The summed E-state index contributed by atoms with van der Waals surface area (Å²) >= 11 is 2.07. The topological polar surface area (TPSA) is 15.3 Å². The standard InChI is InChI=1S/C18H28N2S/c1-13(18-12-14-4-2-3-5-17(14)21-18)19-15-8-10-20(11-9-15)16-6-7-16/h12-13,15-16,19H,2-11H2,1H3. The van der Waals surface area contributed by atoms with E-state index in [0.29, 0.717) is 6.04 Å². The summed E-state index contributed by atoms with van der Waals surface area (Å²) in [5.41, 5.74) is 1.65. The maximum Gasteiger partial charge on any atom is 0.0388 e. The highest BCUT2D eigenvalue weighted by molar-refractivity contribution is 7.12. The summed E-state index contributed by atoms with van der Waals surface area (Å²) in [6.45, 7) is 5.00. The van der Waals surface area contributed by atoms with Crippen molar-refractivity contribution in [3.8, 4) is 0 Å². The molecule has 1 N–H and O–H groups in total. The van der Waals surface area contributed by atoms with Gasteiger partial charge in [0.1, 0.15) is 0 Å². The number of piperidine rings is 1. The van der Waals surface area contributed by atoms with Gasteiger partial charge in [-0.05, 0) is 83.0 Å². The fraction of sp³-hybridized carbons (Fsp3) is 0.778. The van der Waals surface area contributed by atoms with Crippen LogP contribution in [0.25, 0.3) is 0 Å². The normalized spacial score (nSPS) is 25.8. The van der Waals surface area contributed by atoms with Gasteiger partial charge in [-0.3, -0.25) is 0 Å². The third kappa shape index (κ3) is 3.20. The monoisotopic (exact) mass is 304 g/mol. The minimum absolute atomic E-state index is 0.540. The zero-order chi connectivity index (χ0) is 14.2. The van der Waals surface area contributed by atoms with Gasteiger partial charge in [-0.15, -0.1) is 11.3 Å². The maximum atomic E-state index is 3.91. The van der Waals surface area contributed by atoms with Crippen molar-refractivity contribution < 1.29 is 0 Å². The summed E-state index contributed by atoms with van der Waals surface area (Å²) < 4.78 is 0. The highest BCUT2D eigenvalue weighted by atomic mass is 32.1. The molecule has 0 radical (unpaired) electrons. The van der Waals surface area contributed by atoms with Gasteiger partial charge in [0.05, 0.1) is 0 Å². The molecule has 1 saturated heterocycles. The van der Waals surface area contributed by atoms with E-state index in [1.54, 1.807) is 15.3 Å². The summed E-state index contributed by atoms with van der Waals surface area (Å²) in [5.74, 6) is 0. The molecule has 21 heavy (non-hydrogen) atoms. The number of fused-ring (bicyclic) bond motifs is 1. The average Bonchev–Trinajstić information content (AvgIpc) is 3.26. The van der Waals surface area contributed by atoms with Crippen LogP contribution in [0.2, 0.25) is 0 Å². The lowest BCUT2D eigenvalue weighted by molar-refractivity contribution is 0.184. The molecule has 0 amide bonds. The van der Waals surface area contributed by atoms with Crippen molar-refractivity contribution in [2.24, 2.45) is 0 Å². The SMILES string of the molecule is CC(NC1CCN(C2CC2)CC1)c1cc2c(s1)CCCC2. The number of nitrogens with zero attached hydrogens (tertiary/aromatic N) is 1. The first-order chi connectivity index (χ1) is 10.3. The Labute approximate surface area is 132 Å². The Morgan fingerprint density at radius 1 is 1.14 bits per heavy atom. The summed E-state index contributed by atoms with van der Waals surface area (Å²) in [5, 5.41) is 3.91. The average molecular weight is 305 g/mol. The first-order valence-electron chi connectivity index (χ1n) is 8.91. The Hall–Kier alpha value is -0.380. The predicted octanol–water partition coefficient (Wildman–Crippen LogP) is 3.90. The molecule has 1 aliphatic heterocycles. The second-order valence-electron chi connectivity index (χ2n) is 7.23. The molecular weight excluding hydrogens is 276 g/mol. The van der Waals surface area contributed by atoms with Crippen molar-refractivity contribution in [1.29, 1.82) is 0 Å². The van der Waals surface area contributed by atoms with Gasteiger partial charge < -0.3 is 10.2 Å². The molecule has 116 valence electrons. The molecule has 4 rings (SSSR count). The lowest BCUT2D eigenvalue weighted by atomic mass is 9.98. The van der Waals surface area contributed by atoms with Crippen molar-refractivity contribution >= 4 is 11.3 Å². The number of thiophene rings is 1. The molecule has 1 aromatic heterocycles. The summed E-state index contributed by atoms with van der Waals surface area (Å²) in [7, 11) is 0. The van der Waals surface area contributed by atoms with Gasteiger partial charge >= 0.3 is 0 Å². The second kappa shape index (κ2) is 6.02. The van der Waals surface area contributed by atoms with E-state index in [0.717, 1.165) is 12.1 Å². The molecule has 3 heteroatoms. The van der Waals surface area contributed by atoms with Gasteiger partial charge in [0.2, 0.25) is 0 Å². The minimum atomic E-state index is 0.540. The summed E-state index contributed by atoms with van der Waals surface area (Å²) in [4.78, 5) is 5.96. The molecule has 1 aromatic rings. The van der Waals surface area contributed by atoms with Gasteiger partial charge in [-0.25, -0.2) is 0 Å². The van der Waals surface area contributed by atoms with Crippen molar-refractivity contribution in [2.75, 3.05) is 13.1 Å². The quantitative estimate of drug-likeness (QED) is 0.907. The molecule has 2 heterocycles. The van der Waals surface area contributed by atoms with Crippen LogP contribution in [0.3, 0.4) is 0 Å². The molecular formula is C18H28N2S. The van der Waals surface area contributed by atoms with E-state index in [1.807, 2.05) is 0 Å². The Kier molecular flexibility index (Phi) is 4.08. The molecule has 0 bridgehead atoms. The summed E-state index contributed by atoms with van der Waals surface area (Å²) in [6, 6.07) is 4.72. The molecule has 2 fully saturated rings. The molecule has 2 nitrogen and oxygen atoms in total. The zero-order valence-electron chi connectivity index (χ0n) is 13.2. The first-order valence-corrected chi connectivity index (χ1v) is 9.73. The number of aryl methyl sites for hydroxylation is 2. The summed E-state index contributed by atoms with van der Waals surface area (Å²) in [6.07, 6.45) is 11.0. The largest absolute Gasteiger partial charge is 0.307 e. The molecule has 0 aromatic carbocycles. The van der Waals surface area contributed by atoms with Crippen molar-refractivity contribution in [3.05, 3.63) is 21.4 Å². The zero-order valence-corrected chi connectivity index (χ0v) is 14.1. The second-order valence-corrected chi connectivity index (χ2v) is 8.40. The molecule has 3 aliphatic rings. The van der Waals surface area contributed by atoms with Crippen molar-refractivity contribution in [1.82, 2.24) is 10.2 Å². The van der Waals surface area contributed by atoms with E-state index >= 15 is 0 Å². The Morgan fingerprint density at radius 3 is 2.62 bits per heavy atom. The number of nitrogens with one attached hydrogen (secondary N) is 1. The van der Waals surface area contributed by atoms with Gasteiger partial charge in [0.15, 0.2) is 0 Å². The van der Waals surface area contributed by atoms with Crippen molar-refractivity contribution in [3.63, 3.8) is 0 Å². The third-order valence-electron chi connectivity index (χ3n) is 5.52. The van der Waals surface area contributed by atoms with Crippen LogP contribution in [0.15, 0.2) is 6.07 Å². The van der Waals surface area contributed by atoms with E-state index in [9.17, 15) is 0 Å². The number of rotatable bonds is 4. The van der Waals surface area contributed by atoms with Crippen LogP contribution in [0.1, 0.15) is 66.8 Å². The van der Waals surface area contributed by atoms with Gasteiger partial charge in [0, 0.05) is 27.9 Å². The third-order valence-corrected chi connectivity index (χ3v) is 6.94. The lowest BCUT2D eigenvalue weighted by Gasteiger charge is -2.33. The van der Waals surface area contributed by atoms with Crippen LogP contribution in [0, 0.1) is 0 Å². The fourth-order valence-electron chi connectivity index (χ4n) is 4.03. The lowest BCUT2D eigenvalue weighted by Crippen LogP contribution is -2.43. The Morgan fingerprint density at radius 2 is 1.90 bits per heavy atom. The smallest absolute Gasteiger partial charge is 0.0388 e. The molecule has 2 aliphatic carbocycles. The highest BCUT2D eigenvalue weighted by Crippen LogP contribution is 2.34. The van der Waals surface area contributed by atoms with Crippen molar-refractivity contribution in [2.45, 2.75) is 76.4 Å². The van der Waals surface area contributed by atoms with Crippen LogP contribution in [0.4, 0.5) is 0 Å². The van der Waals surface area contributed by atoms with Gasteiger partial charge in [0.25, 0.3) is 0 Å². The van der Waals surface area contributed by atoms with E-state index in [4.69, 9.17) is 0 Å². The first kappa shape index (κ1) is 14.2.